The zero-order chi connectivity index (χ0) is 14.5. The summed E-state index contributed by atoms with van der Waals surface area (Å²) in [6.07, 6.45) is -4.58. The fraction of sp³-hybridized carbons (Fsp3) is 0.0769. The van der Waals surface area contributed by atoms with E-state index in [0.717, 1.165) is 12.1 Å². The van der Waals surface area contributed by atoms with Gasteiger partial charge in [-0.05, 0) is 30.3 Å². The Morgan fingerprint density at radius 3 is 2.25 bits per heavy atom. The molecule has 104 valence electrons. The average Bonchev–Trinajstić information content (AvgIpc) is 2.37. The molecule has 0 unspecified atom stereocenters. The molecule has 0 saturated heterocycles. The Labute approximate surface area is 113 Å². The molecule has 1 N–H and O–H groups in total. The summed E-state index contributed by atoms with van der Waals surface area (Å²) in [5.74, 6) is 0. The molecule has 20 heavy (non-hydrogen) atoms. The van der Waals surface area contributed by atoms with Crippen molar-refractivity contribution in [3.63, 3.8) is 0 Å². The molecule has 1 aliphatic heterocycles. The van der Waals surface area contributed by atoms with Crippen LogP contribution in [0.5, 0.6) is 0 Å². The third kappa shape index (κ3) is 1.85. The van der Waals surface area contributed by atoms with E-state index < -0.39 is 21.6 Å². The van der Waals surface area contributed by atoms with Gasteiger partial charge in [0.2, 0.25) is 9.84 Å². The smallest absolute Gasteiger partial charge is 0.353 e. The van der Waals surface area contributed by atoms with Gasteiger partial charge in [0, 0.05) is 0 Å². The summed E-state index contributed by atoms with van der Waals surface area (Å²) < 4.78 is 62.8. The third-order valence-corrected chi connectivity index (χ3v) is 4.90. The molecule has 3 nitrogen and oxygen atoms in total. The molecule has 0 atom stereocenters. The molecule has 0 spiro atoms. The van der Waals surface area contributed by atoms with E-state index in [4.69, 9.17) is 0 Å². The van der Waals surface area contributed by atoms with Crippen molar-refractivity contribution in [2.24, 2.45) is 0 Å². The van der Waals surface area contributed by atoms with Crippen LogP contribution in [0.1, 0.15) is 5.56 Å². The monoisotopic (exact) mass is 299 g/mol. The van der Waals surface area contributed by atoms with E-state index in [-0.39, 0.29) is 15.5 Å². The molecule has 0 aliphatic carbocycles. The van der Waals surface area contributed by atoms with E-state index in [0.29, 0.717) is 11.8 Å². The Kier molecular flexibility index (Phi) is 2.59. The molecular weight excluding hydrogens is 291 g/mol. The summed E-state index contributed by atoms with van der Waals surface area (Å²) in [5.41, 5.74) is -0.475. The average molecular weight is 299 g/mol. The van der Waals surface area contributed by atoms with E-state index in [9.17, 15) is 21.6 Å². The van der Waals surface area contributed by atoms with Crippen molar-refractivity contribution in [1.29, 1.82) is 0 Å². The van der Waals surface area contributed by atoms with Crippen LogP contribution in [0.2, 0.25) is 0 Å². The molecule has 1 aliphatic rings. The van der Waals surface area contributed by atoms with Gasteiger partial charge in [-0.1, -0.05) is 12.1 Å². The van der Waals surface area contributed by atoms with Gasteiger partial charge in [-0.3, -0.25) is 0 Å². The number of benzene rings is 2. The van der Waals surface area contributed by atoms with Crippen molar-refractivity contribution in [2.75, 3.05) is 5.32 Å². The minimum absolute atomic E-state index is 0.0215. The lowest BCUT2D eigenvalue weighted by atomic mass is 10.2. The largest absolute Gasteiger partial charge is 0.416 e. The van der Waals surface area contributed by atoms with Gasteiger partial charge in [-0.2, -0.15) is 13.2 Å². The number of hydrogen-bond donors (Lipinski definition) is 1. The summed E-state index contributed by atoms with van der Waals surface area (Å²) in [5, 5.41) is 2.83. The number of anilines is 2. The minimum Gasteiger partial charge on any atom is -0.353 e. The molecule has 1 heterocycles. The predicted octanol–water partition coefficient (Wildman–Crippen LogP) is 3.60. The van der Waals surface area contributed by atoms with Gasteiger partial charge in [0.25, 0.3) is 0 Å². The number of halogens is 3. The third-order valence-electron chi connectivity index (χ3n) is 3.04. The van der Waals surface area contributed by atoms with Gasteiger partial charge in [0.1, 0.15) is 0 Å². The zero-order valence-corrected chi connectivity index (χ0v) is 10.7. The second-order valence-corrected chi connectivity index (χ2v) is 6.22. The number of nitrogens with one attached hydrogen (secondary N) is 1. The van der Waals surface area contributed by atoms with Crippen LogP contribution >= 0.6 is 0 Å². The molecule has 0 radical (unpaired) electrons. The molecule has 7 heteroatoms. The second-order valence-electron chi connectivity index (χ2n) is 4.33. The van der Waals surface area contributed by atoms with Crippen LogP contribution in [0, 0.1) is 0 Å². The Bertz CT molecular complexity index is 798. The first-order chi connectivity index (χ1) is 9.30. The predicted molar refractivity (Wildman–Crippen MR) is 66.6 cm³/mol. The molecule has 3 rings (SSSR count). The van der Waals surface area contributed by atoms with Gasteiger partial charge >= 0.3 is 6.18 Å². The van der Waals surface area contributed by atoms with Gasteiger partial charge in [-0.25, -0.2) is 8.42 Å². The van der Waals surface area contributed by atoms with Crippen LogP contribution in [0.4, 0.5) is 24.5 Å². The van der Waals surface area contributed by atoms with Crippen molar-refractivity contribution >= 4 is 21.2 Å². The standard InChI is InChI=1S/C13H8F3NO2S/c14-13(15,16)8-5-6-10-12(7-8)20(18,19)11-4-2-1-3-9(11)17-10/h1-7,17H. The summed E-state index contributed by atoms with van der Waals surface area (Å²) >= 11 is 0. The summed E-state index contributed by atoms with van der Waals surface area (Å²) in [6, 6.07) is 8.75. The summed E-state index contributed by atoms with van der Waals surface area (Å²) in [6.45, 7) is 0. The minimum atomic E-state index is -4.58. The van der Waals surface area contributed by atoms with E-state index >= 15 is 0 Å². The first-order valence-corrected chi connectivity index (χ1v) is 7.11. The van der Waals surface area contributed by atoms with Gasteiger partial charge in [0.15, 0.2) is 0 Å². The number of hydrogen-bond acceptors (Lipinski definition) is 3. The first kappa shape index (κ1) is 13.0. The van der Waals surface area contributed by atoms with Crippen LogP contribution < -0.4 is 5.32 Å². The van der Waals surface area contributed by atoms with Gasteiger partial charge in [-0.15, -0.1) is 0 Å². The van der Waals surface area contributed by atoms with Gasteiger partial charge < -0.3 is 5.32 Å². The Morgan fingerprint density at radius 1 is 0.900 bits per heavy atom. The normalized spacial score (nSPS) is 15.9. The lowest BCUT2D eigenvalue weighted by Gasteiger charge is -2.22. The number of rotatable bonds is 0. The molecule has 0 aromatic heterocycles. The Hall–Kier alpha value is -2.02. The van der Waals surface area contributed by atoms with Crippen molar-refractivity contribution in [2.45, 2.75) is 16.0 Å². The maximum atomic E-state index is 12.7. The van der Waals surface area contributed by atoms with E-state index in [1.54, 1.807) is 12.1 Å². The summed E-state index contributed by atoms with van der Waals surface area (Å²) in [7, 11) is -3.95. The highest BCUT2D eigenvalue weighted by atomic mass is 32.2. The van der Waals surface area contributed by atoms with Crippen LogP contribution in [-0.2, 0) is 16.0 Å². The molecule has 2 aromatic rings. The lowest BCUT2D eigenvalue weighted by molar-refractivity contribution is -0.137. The second kappa shape index (κ2) is 3.99. The highest BCUT2D eigenvalue weighted by Gasteiger charge is 2.35. The van der Waals surface area contributed by atoms with Crippen molar-refractivity contribution in [3.8, 4) is 0 Å². The highest BCUT2D eigenvalue weighted by molar-refractivity contribution is 7.92. The highest BCUT2D eigenvalue weighted by Crippen LogP contribution is 2.41. The quantitative estimate of drug-likeness (QED) is 0.690. The number of fused-ring (bicyclic) bond motifs is 2. The number of alkyl halides is 3. The fourth-order valence-electron chi connectivity index (χ4n) is 2.09. The Balaban J connectivity index is 2.26. The van der Waals surface area contributed by atoms with Crippen LogP contribution in [-0.4, -0.2) is 8.42 Å². The van der Waals surface area contributed by atoms with E-state index in [1.807, 2.05) is 0 Å². The topological polar surface area (TPSA) is 46.2 Å². The molecule has 0 saturated carbocycles. The molecular formula is C13H8F3NO2S. The van der Waals surface area contributed by atoms with Crippen molar-refractivity contribution in [1.82, 2.24) is 0 Å². The lowest BCUT2D eigenvalue weighted by Crippen LogP contribution is -2.15. The molecule has 0 amide bonds. The Morgan fingerprint density at radius 2 is 1.55 bits per heavy atom. The SMILES string of the molecule is O=S1(=O)c2ccccc2Nc2ccc(C(F)(F)F)cc21. The first-order valence-electron chi connectivity index (χ1n) is 5.62. The number of sulfone groups is 1. The molecule has 2 aromatic carbocycles. The van der Waals surface area contributed by atoms with Crippen molar-refractivity contribution in [3.05, 3.63) is 48.0 Å². The molecule has 0 bridgehead atoms. The number of para-hydroxylation sites is 1. The maximum Gasteiger partial charge on any atom is 0.416 e. The van der Waals surface area contributed by atoms with Crippen molar-refractivity contribution < 1.29 is 21.6 Å². The fourth-order valence-corrected chi connectivity index (χ4v) is 3.69. The van der Waals surface area contributed by atoms with Crippen LogP contribution in [0.15, 0.2) is 52.3 Å². The maximum absolute atomic E-state index is 12.7. The van der Waals surface area contributed by atoms with Gasteiger partial charge in [0.05, 0.1) is 26.7 Å². The zero-order valence-electron chi connectivity index (χ0n) is 9.90. The summed E-state index contributed by atoms with van der Waals surface area (Å²) in [4.78, 5) is -0.377. The van der Waals surface area contributed by atoms with E-state index in [2.05, 4.69) is 5.32 Å². The molecule has 0 fully saturated rings. The van der Waals surface area contributed by atoms with Crippen LogP contribution in [0.25, 0.3) is 0 Å². The van der Waals surface area contributed by atoms with Crippen LogP contribution in [0.3, 0.4) is 0 Å². The van der Waals surface area contributed by atoms with E-state index in [1.165, 1.54) is 12.1 Å².